The summed E-state index contributed by atoms with van der Waals surface area (Å²) < 4.78 is 5.21. The number of nitro benzene ring substituents is 1. The van der Waals surface area contributed by atoms with Crippen LogP contribution in [0.1, 0.15) is 13.3 Å². The topological polar surface area (TPSA) is 93.5 Å². The van der Waals surface area contributed by atoms with E-state index in [1.165, 1.54) is 23.9 Å². The molecule has 0 aliphatic rings. The van der Waals surface area contributed by atoms with Crippen LogP contribution < -0.4 is 10.6 Å². The zero-order chi connectivity index (χ0) is 18.8. The number of carbonyl (C=O) groups excluding carboxylic acids is 1. The third kappa shape index (κ3) is 6.73. The first kappa shape index (κ1) is 19.7. The van der Waals surface area contributed by atoms with Crippen LogP contribution in [0, 0.1) is 10.1 Å². The second kappa shape index (κ2) is 10.4. The molecule has 2 aromatic rings. The maximum absolute atomic E-state index is 11.8. The Hall–Kier alpha value is -2.58. The molecule has 0 heterocycles. The normalized spacial score (nSPS) is 10.3. The number of benzene rings is 2. The fraction of sp³-hybridized carbons (Fsp3) is 0.278. The lowest BCUT2D eigenvalue weighted by atomic mass is 10.3. The molecule has 0 saturated carbocycles. The van der Waals surface area contributed by atoms with Crippen LogP contribution in [0.5, 0.6) is 0 Å². The Morgan fingerprint density at radius 1 is 1.12 bits per heavy atom. The number of nitrogens with zero attached hydrogens (tertiary/aromatic N) is 1. The number of hydrogen-bond donors (Lipinski definition) is 2. The van der Waals surface area contributed by atoms with E-state index in [4.69, 9.17) is 4.74 Å². The molecule has 0 bridgehead atoms. The average Bonchev–Trinajstić information content (AvgIpc) is 2.63. The summed E-state index contributed by atoms with van der Waals surface area (Å²) in [7, 11) is 0. The molecule has 0 saturated heterocycles. The number of amides is 2. The van der Waals surface area contributed by atoms with Crippen molar-refractivity contribution in [3.63, 3.8) is 0 Å². The first-order valence-corrected chi connectivity index (χ1v) is 9.05. The summed E-state index contributed by atoms with van der Waals surface area (Å²) in [6.45, 7) is 3.80. The van der Waals surface area contributed by atoms with Gasteiger partial charge in [-0.05, 0) is 49.7 Å². The molecule has 26 heavy (non-hydrogen) atoms. The summed E-state index contributed by atoms with van der Waals surface area (Å²) in [5, 5.41) is 16.2. The van der Waals surface area contributed by atoms with Crippen LogP contribution in [0.4, 0.5) is 16.2 Å². The highest BCUT2D eigenvalue weighted by Crippen LogP contribution is 2.29. The minimum Gasteiger partial charge on any atom is -0.382 e. The summed E-state index contributed by atoms with van der Waals surface area (Å²) in [5.41, 5.74) is 0.765. The maximum atomic E-state index is 11.8. The van der Waals surface area contributed by atoms with Gasteiger partial charge in [0.15, 0.2) is 0 Å². The highest BCUT2D eigenvalue weighted by Gasteiger charge is 2.05. The molecule has 0 fully saturated rings. The van der Waals surface area contributed by atoms with Gasteiger partial charge in [0.05, 0.1) is 4.92 Å². The molecule has 7 nitrogen and oxygen atoms in total. The van der Waals surface area contributed by atoms with Crippen molar-refractivity contribution >= 4 is 29.2 Å². The fourth-order valence-electron chi connectivity index (χ4n) is 2.07. The Morgan fingerprint density at radius 3 is 2.31 bits per heavy atom. The first-order chi connectivity index (χ1) is 12.6. The van der Waals surface area contributed by atoms with E-state index in [2.05, 4.69) is 10.6 Å². The molecule has 2 amide bonds. The van der Waals surface area contributed by atoms with Crippen LogP contribution in [-0.4, -0.2) is 30.7 Å². The average molecular weight is 375 g/mol. The van der Waals surface area contributed by atoms with Gasteiger partial charge in [0.1, 0.15) is 0 Å². The van der Waals surface area contributed by atoms with Crippen molar-refractivity contribution in [2.45, 2.75) is 23.1 Å². The van der Waals surface area contributed by atoms with E-state index in [1.807, 2.05) is 31.2 Å². The summed E-state index contributed by atoms with van der Waals surface area (Å²) in [6.07, 6.45) is 0.770. The predicted molar refractivity (Wildman–Crippen MR) is 102 cm³/mol. The van der Waals surface area contributed by atoms with Gasteiger partial charge in [-0.15, -0.1) is 0 Å². The van der Waals surface area contributed by atoms with E-state index in [9.17, 15) is 14.9 Å². The maximum Gasteiger partial charge on any atom is 0.319 e. The highest BCUT2D eigenvalue weighted by atomic mass is 32.2. The third-order valence-corrected chi connectivity index (χ3v) is 4.37. The van der Waals surface area contributed by atoms with Crippen molar-refractivity contribution in [3.8, 4) is 0 Å². The van der Waals surface area contributed by atoms with E-state index >= 15 is 0 Å². The van der Waals surface area contributed by atoms with Crippen molar-refractivity contribution in [1.82, 2.24) is 5.32 Å². The molecule has 2 rings (SSSR count). The Kier molecular flexibility index (Phi) is 7.91. The van der Waals surface area contributed by atoms with Gasteiger partial charge in [-0.25, -0.2) is 4.79 Å². The van der Waals surface area contributed by atoms with Crippen molar-refractivity contribution in [2.75, 3.05) is 25.1 Å². The number of non-ortho nitro benzene ring substituents is 1. The zero-order valence-corrected chi connectivity index (χ0v) is 15.3. The number of hydrogen-bond acceptors (Lipinski definition) is 5. The molecule has 8 heteroatoms. The number of ether oxygens (including phenoxy) is 1. The summed E-state index contributed by atoms with van der Waals surface area (Å²) >= 11 is 1.49. The molecule has 0 aliphatic carbocycles. The van der Waals surface area contributed by atoms with E-state index in [1.54, 1.807) is 12.1 Å². The van der Waals surface area contributed by atoms with E-state index < -0.39 is 4.92 Å². The second-order valence-electron chi connectivity index (χ2n) is 5.31. The number of rotatable bonds is 9. The zero-order valence-electron chi connectivity index (χ0n) is 14.4. The molecular formula is C18H21N3O4S. The van der Waals surface area contributed by atoms with Crippen LogP contribution in [0.25, 0.3) is 0 Å². The predicted octanol–water partition coefficient (Wildman–Crippen LogP) is 4.29. The second-order valence-corrected chi connectivity index (χ2v) is 6.46. The van der Waals surface area contributed by atoms with E-state index in [-0.39, 0.29) is 11.7 Å². The van der Waals surface area contributed by atoms with Crippen molar-refractivity contribution in [1.29, 1.82) is 0 Å². The molecular weight excluding hydrogens is 354 g/mol. The molecule has 0 unspecified atom stereocenters. The smallest absolute Gasteiger partial charge is 0.319 e. The molecule has 2 aromatic carbocycles. The minimum absolute atomic E-state index is 0.0705. The third-order valence-electron chi connectivity index (χ3n) is 3.35. The number of nitrogens with one attached hydrogen (secondary N) is 2. The summed E-state index contributed by atoms with van der Waals surface area (Å²) in [6, 6.07) is 13.5. The Bertz CT molecular complexity index is 720. The monoisotopic (exact) mass is 375 g/mol. The Labute approximate surface area is 156 Å². The van der Waals surface area contributed by atoms with Crippen molar-refractivity contribution in [3.05, 3.63) is 58.6 Å². The summed E-state index contributed by atoms with van der Waals surface area (Å²) in [4.78, 5) is 23.9. The van der Waals surface area contributed by atoms with Gasteiger partial charge in [-0.3, -0.25) is 10.1 Å². The van der Waals surface area contributed by atoms with Gasteiger partial charge in [-0.2, -0.15) is 0 Å². The SMILES string of the molecule is CCOCCCNC(=O)Nc1ccc(Sc2ccc([N+](=O)[O-])cc2)cc1. The van der Waals surface area contributed by atoms with Crippen LogP contribution in [0.2, 0.25) is 0 Å². The number of urea groups is 1. The van der Waals surface area contributed by atoms with Crippen LogP contribution in [-0.2, 0) is 4.74 Å². The van der Waals surface area contributed by atoms with Crippen LogP contribution >= 0.6 is 11.8 Å². The van der Waals surface area contributed by atoms with Gasteiger partial charge in [0.25, 0.3) is 5.69 Å². The highest BCUT2D eigenvalue weighted by molar-refractivity contribution is 7.99. The van der Waals surface area contributed by atoms with Gasteiger partial charge >= 0.3 is 6.03 Å². The van der Waals surface area contributed by atoms with Gasteiger partial charge < -0.3 is 15.4 Å². The molecule has 0 aliphatic heterocycles. The molecule has 2 N–H and O–H groups in total. The Balaban J connectivity index is 1.80. The standard InChI is InChI=1S/C18H21N3O4S/c1-2-25-13-3-12-19-18(22)20-14-4-8-16(9-5-14)26-17-10-6-15(7-11-17)21(23)24/h4-11H,2-3,12-13H2,1H3,(H2,19,20,22). The molecule has 0 aromatic heterocycles. The lowest BCUT2D eigenvalue weighted by Crippen LogP contribution is -2.30. The molecule has 0 radical (unpaired) electrons. The van der Waals surface area contributed by atoms with Crippen LogP contribution in [0.15, 0.2) is 58.3 Å². The lowest BCUT2D eigenvalue weighted by Gasteiger charge is -2.08. The van der Waals surface area contributed by atoms with Crippen molar-refractivity contribution in [2.24, 2.45) is 0 Å². The number of anilines is 1. The van der Waals surface area contributed by atoms with Gasteiger partial charge in [-0.1, -0.05) is 11.8 Å². The molecule has 0 atom stereocenters. The fourth-order valence-corrected chi connectivity index (χ4v) is 2.89. The first-order valence-electron chi connectivity index (χ1n) is 8.23. The largest absolute Gasteiger partial charge is 0.382 e. The minimum atomic E-state index is -0.420. The summed E-state index contributed by atoms with van der Waals surface area (Å²) in [5.74, 6) is 0. The van der Waals surface area contributed by atoms with Crippen LogP contribution in [0.3, 0.4) is 0 Å². The van der Waals surface area contributed by atoms with E-state index in [0.29, 0.717) is 25.4 Å². The number of nitro groups is 1. The Morgan fingerprint density at radius 2 is 1.73 bits per heavy atom. The number of carbonyl (C=O) groups is 1. The van der Waals surface area contributed by atoms with Crippen molar-refractivity contribution < 1.29 is 14.5 Å². The lowest BCUT2D eigenvalue weighted by molar-refractivity contribution is -0.384. The van der Waals surface area contributed by atoms with Gasteiger partial charge in [0.2, 0.25) is 0 Å². The quantitative estimate of drug-likeness (QED) is 0.387. The molecule has 138 valence electrons. The van der Waals surface area contributed by atoms with Gasteiger partial charge in [0, 0.05) is 47.4 Å². The molecule has 0 spiro atoms. The van der Waals surface area contributed by atoms with E-state index in [0.717, 1.165) is 16.2 Å².